The van der Waals surface area contributed by atoms with E-state index >= 15 is 0 Å². The average molecular weight is 279 g/mol. The van der Waals surface area contributed by atoms with E-state index < -0.39 is 24.5 Å². The zero-order valence-corrected chi connectivity index (χ0v) is 11.1. The standard InChI is InChI=1S/C13H13NO4S/c1-18-13(17)10(6-15)14-12(16)9-7-19-11-5-3-2-4-8(9)11/h2-5,7,10,15H,6H2,1H3,(H,14,16). The molecule has 19 heavy (non-hydrogen) atoms. The van der Waals surface area contributed by atoms with Gasteiger partial charge < -0.3 is 15.2 Å². The van der Waals surface area contributed by atoms with Crippen LogP contribution in [-0.2, 0) is 9.53 Å². The molecule has 1 unspecified atom stereocenters. The monoisotopic (exact) mass is 279 g/mol. The lowest BCUT2D eigenvalue weighted by atomic mass is 10.1. The predicted molar refractivity (Wildman–Crippen MR) is 72.2 cm³/mol. The molecule has 1 amide bonds. The molecule has 0 spiro atoms. The molecule has 0 aliphatic heterocycles. The summed E-state index contributed by atoms with van der Waals surface area (Å²) in [5, 5.41) is 14.1. The highest BCUT2D eigenvalue weighted by molar-refractivity contribution is 7.17. The number of fused-ring (bicyclic) bond motifs is 1. The third-order valence-electron chi connectivity index (χ3n) is 2.70. The molecule has 2 aromatic rings. The van der Waals surface area contributed by atoms with Gasteiger partial charge in [0.05, 0.1) is 19.3 Å². The minimum absolute atomic E-state index is 0.401. The first-order chi connectivity index (χ1) is 9.17. The highest BCUT2D eigenvalue weighted by Gasteiger charge is 2.22. The van der Waals surface area contributed by atoms with Crippen molar-refractivity contribution in [2.45, 2.75) is 6.04 Å². The molecule has 0 saturated heterocycles. The molecule has 0 aliphatic carbocycles. The van der Waals surface area contributed by atoms with Gasteiger partial charge in [0.25, 0.3) is 5.91 Å². The Morgan fingerprint density at radius 1 is 1.42 bits per heavy atom. The summed E-state index contributed by atoms with van der Waals surface area (Å²) >= 11 is 1.45. The van der Waals surface area contributed by atoms with E-state index in [0.717, 1.165) is 10.1 Å². The number of aliphatic hydroxyl groups is 1. The van der Waals surface area contributed by atoms with Gasteiger partial charge in [-0.2, -0.15) is 0 Å². The Balaban J connectivity index is 2.22. The van der Waals surface area contributed by atoms with Crippen molar-refractivity contribution in [2.75, 3.05) is 13.7 Å². The van der Waals surface area contributed by atoms with Gasteiger partial charge in [0.15, 0.2) is 6.04 Å². The van der Waals surface area contributed by atoms with Crippen molar-refractivity contribution in [2.24, 2.45) is 0 Å². The Morgan fingerprint density at radius 3 is 2.84 bits per heavy atom. The number of nitrogens with one attached hydrogen (secondary N) is 1. The summed E-state index contributed by atoms with van der Waals surface area (Å²) in [6.45, 7) is -0.500. The summed E-state index contributed by atoms with van der Waals surface area (Å²) in [5.41, 5.74) is 0.489. The molecule has 0 fully saturated rings. The zero-order chi connectivity index (χ0) is 13.8. The molecule has 1 aromatic heterocycles. The first-order valence-electron chi connectivity index (χ1n) is 5.63. The van der Waals surface area contributed by atoms with Crippen molar-refractivity contribution in [3.05, 3.63) is 35.2 Å². The van der Waals surface area contributed by atoms with Crippen LogP contribution in [-0.4, -0.2) is 36.7 Å². The van der Waals surface area contributed by atoms with Crippen LogP contribution in [0.25, 0.3) is 10.1 Å². The zero-order valence-electron chi connectivity index (χ0n) is 10.3. The quantitative estimate of drug-likeness (QED) is 0.824. The summed E-state index contributed by atoms with van der Waals surface area (Å²) in [5.74, 6) is -1.07. The van der Waals surface area contributed by atoms with Crippen LogP contribution < -0.4 is 5.32 Å². The predicted octanol–water partition coefficient (Wildman–Crippen LogP) is 1.16. The van der Waals surface area contributed by atoms with Gasteiger partial charge in [0.1, 0.15) is 0 Å². The number of rotatable bonds is 4. The fraction of sp³-hybridized carbons (Fsp3) is 0.231. The minimum Gasteiger partial charge on any atom is -0.467 e. The molecule has 0 saturated carbocycles. The summed E-state index contributed by atoms with van der Waals surface area (Å²) in [7, 11) is 1.21. The third kappa shape index (κ3) is 2.74. The first kappa shape index (κ1) is 13.5. The Labute approximate surface area is 113 Å². The Hall–Kier alpha value is -1.92. The second-order valence-corrected chi connectivity index (χ2v) is 4.79. The largest absolute Gasteiger partial charge is 0.467 e. The van der Waals surface area contributed by atoms with Crippen molar-refractivity contribution in [3.8, 4) is 0 Å². The number of esters is 1. The van der Waals surface area contributed by atoms with E-state index in [1.54, 1.807) is 5.38 Å². The van der Waals surface area contributed by atoms with Gasteiger partial charge in [-0.15, -0.1) is 11.3 Å². The molecule has 100 valence electrons. The lowest BCUT2D eigenvalue weighted by Crippen LogP contribution is -2.43. The molecule has 0 bridgehead atoms. The summed E-state index contributed by atoms with van der Waals surface area (Å²) in [6.07, 6.45) is 0. The Bertz CT molecular complexity index is 607. The van der Waals surface area contributed by atoms with Gasteiger partial charge in [-0.05, 0) is 6.07 Å². The van der Waals surface area contributed by atoms with E-state index in [-0.39, 0.29) is 0 Å². The average Bonchev–Trinajstić information content (AvgIpc) is 2.87. The molecule has 0 aliphatic rings. The van der Waals surface area contributed by atoms with Crippen LogP contribution in [0, 0.1) is 0 Å². The Kier molecular flexibility index (Phi) is 4.13. The van der Waals surface area contributed by atoms with Crippen LogP contribution in [0.1, 0.15) is 10.4 Å². The molecule has 1 atom stereocenters. The number of benzene rings is 1. The molecule has 0 radical (unpaired) electrons. The molecular weight excluding hydrogens is 266 g/mol. The van der Waals surface area contributed by atoms with E-state index in [1.807, 2.05) is 24.3 Å². The number of aliphatic hydroxyl groups excluding tert-OH is 1. The molecule has 1 heterocycles. The molecule has 1 aromatic carbocycles. The number of hydrogen-bond donors (Lipinski definition) is 2. The maximum absolute atomic E-state index is 12.1. The fourth-order valence-electron chi connectivity index (χ4n) is 1.71. The SMILES string of the molecule is COC(=O)C(CO)NC(=O)c1csc2ccccc12. The van der Waals surface area contributed by atoms with Crippen LogP contribution in [0.3, 0.4) is 0 Å². The number of ether oxygens (including phenoxy) is 1. The minimum atomic E-state index is -1.05. The van der Waals surface area contributed by atoms with Crippen LogP contribution >= 0.6 is 11.3 Å². The summed E-state index contributed by atoms with van der Waals surface area (Å²) in [6, 6.07) is 6.45. The maximum atomic E-state index is 12.1. The van der Waals surface area contributed by atoms with Gasteiger partial charge in [-0.1, -0.05) is 18.2 Å². The van der Waals surface area contributed by atoms with E-state index in [4.69, 9.17) is 5.11 Å². The van der Waals surface area contributed by atoms with Crippen molar-refractivity contribution < 1.29 is 19.4 Å². The van der Waals surface area contributed by atoms with Crippen LogP contribution in [0.2, 0.25) is 0 Å². The van der Waals surface area contributed by atoms with E-state index in [1.165, 1.54) is 18.4 Å². The van der Waals surface area contributed by atoms with Gasteiger partial charge in [-0.3, -0.25) is 4.79 Å². The molecule has 6 heteroatoms. The van der Waals surface area contributed by atoms with E-state index in [9.17, 15) is 9.59 Å². The van der Waals surface area contributed by atoms with Crippen molar-refractivity contribution >= 4 is 33.3 Å². The lowest BCUT2D eigenvalue weighted by Gasteiger charge is -2.13. The fourth-order valence-corrected chi connectivity index (χ4v) is 2.65. The second kappa shape index (κ2) is 5.81. The highest BCUT2D eigenvalue weighted by atomic mass is 32.1. The van der Waals surface area contributed by atoms with E-state index in [2.05, 4.69) is 10.1 Å². The number of hydrogen-bond acceptors (Lipinski definition) is 5. The Morgan fingerprint density at radius 2 is 2.16 bits per heavy atom. The third-order valence-corrected chi connectivity index (χ3v) is 3.66. The normalized spacial score (nSPS) is 12.1. The first-order valence-corrected chi connectivity index (χ1v) is 6.51. The molecule has 2 rings (SSSR count). The smallest absolute Gasteiger partial charge is 0.330 e. The van der Waals surface area contributed by atoms with Crippen molar-refractivity contribution in [1.82, 2.24) is 5.32 Å². The number of carbonyl (C=O) groups is 2. The lowest BCUT2D eigenvalue weighted by molar-refractivity contribution is -0.143. The van der Waals surface area contributed by atoms with Crippen molar-refractivity contribution in [3.63, 3.8) is 0 Å². The number of thiophene rings is 1. The number of amides is 1. The number of methoxy groups -OCH3 is 1. The van der Waals surface area contributed by atoms with Crippen molar-refractivity contribution in [1.29, 1.82) is 0 Å². The summed E-state index contributed by atoms with van der Waals surface area (Å²) < 4.78 is 5.49. The summed E-state index contributed by atoms with van der Waals surface area (Å²) in [4.78, 5) is 23.4. The maximum Gasteiger partial charge on any atom is 0.330 e. The van der Waals surface area contributed by atoms with Crippen LogP contribution in [0.15, 0.2) is 29.6 Å². The van der Waals surface area contributed by atoms with E-state index in [0.29, 0.717) is 5.56 Å². The van der Waals surface area contributed by atoms with Gasteiger partial charge in [0.2, 0.25) is 0 Å². The molecule has 2 N–H and O–H groups in total. The van der Waals surface area contributed by atoms with Gasteiger partial charge >= 0.3 is 5.97 Å². The van der Waals surface area contributed by atoms with Gasteiger partial charge in [0, 0.05) is 15.5 Å². The second-order valence-electron chi connectivity index (χ2n) is 3.88. The highest BCUT2D eigenvalue weighted by Crippen LogP contribution is 2.25. The van der Waals surface area contributed by atoms with Gasteiger partial charge in [-0.25, -0.2) is 4.79 Å². The van der Waals surface area contributed by atoms with Crippen LogP contribution in [0.4, 0.5) is 0 Å². The van der Waals surface area contributed by atoms with Crippen LogP contribution in [0.5, 0.6) is 0 Å². The molecule has 5 nitrogen and oxygen atoms in total. The molecular formula is C13H13NO4S. The number of carbonyl (C=O) groups excluding carboxylic acids is 2. The topological polar surface area (TPSA) is 75.6 Å².